The molecule has 1 aliphatic carbocycles. The number of nitrogens with one attached hydrogen (secondary N) is 1. The number of para-hydroxylation sites is 1. The SMILES string of the molecule is CC1COc2ccccc2C1NCC1CCCCC1O. The Labute approximate surface area is 121 Å². The maximum Gasteiger partial charge on any atom is 0.124 e. The molecule has 1 aromatic rings. The van der Waals surface area contributed by atoms with Crippen LogP contribution in [0.2, 0.25) is 0 Å². The summed E-state index contributed by atoms with van der Waals surface area (Å²) in [5.74, 6) is 1.88. The van der Waals surface area contributed by atoms with Crippen LogP contribution >= 0.6 is 0 Å². The van der Waals surface area contributed by atoms with Crippen LogP contribution < -0.4 is 10.1 Å². The molecule has 0 radical (unpaired) electrons. The van der Waals surface area contributed by atoms with E-state index >= 15 is 0 Å². The summed E-state index contributed by atoms with van der Waals surface area (Å²) in [7, 11) is 0. The molecule has 2 N–H and O–H groups in total. The highest BCUT2D eigenvalue weighted by Crippen LogP contribution is 2.35. The van der Waals surface area contributed by atoms with Crippen molar-refractivity contribution in [3.8, 4) is 5.75 Å². The van der Waals surface area contributed by atoms with E-state index in [1.807, 2.05) is 12.1 Å². The molecule has 0 saturated heterocycles. The Hall–Kier alpha value is -1.06. The maximum atomic E-state index is 10.1. The van der Waals surface area contributed by atoms with Crippen LogP contribution in [-0.4, -0.2) is 24.4 Å². The van der Waals surface area contributed by atoms with E-state index in [-0.39, 0.29) is 6.10 Å². The van der Waals surface area contributed by atoms with E-state index in [9.17, 15) is 5.11 Å². The number of aliphatic hydroxyl groups excluding tert-OH is 1. The summed E-state index contributed by atoms with van der Waals surface area (Å²) in [6, 6.07) is 8.64. The predicted octanol–water partition coefficient (Wildman–Crippen LogP) is 2.90. The fraction of sp³-hybridized carbons (Fsp3) is 0.647. The summed E-state index contributed by atoms with van der Waals surface area (Å²) >= 11 is 0. The van der Waals surface area contributed by atoms with E-state index in [4.69, 9.17) is 4.74 Å². The minimum atomic E-state index is -0.123. The molecular weight excluding hydrogens is 250 g/mol. The van der Waals surface area contributed by atoms with E-state index in [0.29, 0.717) is 17.9 Å². The van der Waals surface area contributed by atoms with E-state index in [0.717, 1.165) is 31.7 Å². The maximum absolute atomic E-state index is 10.1. The van der Waals surface area contributed by atoms with Gasteiger partial charge in [-0.15, -0.1) is 0 Å². The minimum absolute atomic E-state index is 0.123. The first-order valence-corrected chi connectivity index (χ1v) is 7.89. The van der Waals surface area contributed by atoms with Crippen LogP contribution in [0.5, 0.6) is 5.75 Å². The average molecular weight is 275 g/mol. The first-order valence-electron chi connectivity index (χ1n) is 7.89. The summed E-state index contributed by atoms with van der Waals surface area (Å²) in [6.45, 7) is 3.90. The van der Waals surface area contributed by atoms with Gasteiger partial charge in [-0.1, -0.05) is 38.0 Å². The van der Waals surface area contributed by atoms with Crippen molar-refractivity contribution in [2.75, 3.05) is 13.2 Å². The molecule has 1 aromatic carbocycles. The Morgan fingerprint density at radius 1 is 1.25 bits per heavy atom. The van der Waals surface area contributed by atoms with Crippen molar-refractivity contribution < 1.29 is 9.84 Å². The van der Waals surface area contributed by atoms with Crippen LogP contribution in [0.1, 0.15) is 44.2 Å². The van der Waals surface area contributed by atoms with Gasteiger partial charge in [0.05, 0.1) is 12.7 Å². The highest BCUT2D eigenvalue weighted by molar-refractivity contribution is 5.37. The molecule has 1 fully saturated rings. The van der Waals surface area contributed by atoms with Gasteiger partial charge in [0.15, 0.2) is 0 Å². The van der Waals surface area contributed by atoms with Crippen LogP contribution in [0, 0.1) is 11.8 Å². The van der Waals surface area contributed by atoms with Crippen molar-refractivity contribution in [2.24, 2.45) is 11.8 Å². The number of benzene rings is 1. The van der Waals surface area contributed by atoms with Crippen LogP contribution in [0.15, 0.2) is 24.3 Å². The topological polar surface area (TPSA) is 41.5 Å². The van der Waals surface area contributed by atoms with Crippen molar-refractivity contribution in [3.05, 3.63) is 29.8 Å². The van der Waals surface area contributed by atoms with Gasteiger partial charge in [-0.25, -0.2) is 0 Å². The minimum Gasteiger partial charge on any atom is -0.493 e. The van der Waals surface area contributed by atoms with Crippen molar-refractivity contribution in [3.63, 3.8) is 0 Å². The van der Waals surface area contributed by atoms with Gasteiger partial charge in [0, 0.05) is 24.1 Å². The van der Waals surface area contributed by atoms with E-state index in [2.05, 4.69) is 24.4 Å². The molecule has 3 nitrogen and oxygen atoms in total. The van der Waals surface area contributed by atoms with Crippen LogP contribution in [0.3, 0.4) is 0 Å². The van der Waals surface area contributed by atoms with Crippen LogP contribution in [0.4, 0.5) is 0 Å². The predicted molar refractivity (Wildman–Crippen MR) is 79.8 cm³/mol. The first kappa shape index (κ1) is 13.9. The Morgan fingerprint density at radius 3 is 2.90 bits per heavy atom. The highest BCUT2D eigenvalue weighted by atomic mass is 16.5. The quantitative estimate of drug-likeness (QED) is 0.891. The third kappa shape index (κ3) is 2.84. The number of fused-ring (bicyclic) bond motifs is 1. The second-order valence-corrected chi connectivity index (χ2v) is 6.32. The van der Waals surface area contributed by atoms with Gasteiger partial charge in [-0.2, -0.15) is 0 Å². The Kier molecular flexibility index (Phi) is 4.27. The first-order chi connectivity index (χ1) is 9.75. The number of rotatable bonds is 3. The Bertz CT molecular complexity index is 448. The molecule has 4 unspecified atom stereocenters. The van der Waals surface area contributed by atoms with Gasteiger partial charge in [0.1, 0.15) is 5.75 Å². The van der Waals surface area contributed by atoms with Crippen molar-refractivity contribution >= 4 is 0 Å². The number of hydrogen-bond acceptors (Lipinski definition) is 3. The van der Waals surface area contributed by atoms with Gasteiger partial charge in [0.2, 0.25) is 0 Å². The number of hydrogen-bond donors (Lipinski definition) is 2. The second kappa shape index (κ2) is 6.15. The van der Waals surface area contributed by atoms with Gasteiger partial charge in [0.25, 0.3) is 0 Å². The molecule has 110 valence electrons. The largest absolute Gasteiger partial charge is 0.493 e. The third-order valence-corrected chi connectivity index (χ3v) is 4.79. The fourth-order valence-corrected chi connectivity index (χ4v) is 3.51. The lowest BCUT2D eigenvalue weighted by molar-refractivity contribution is 0.0648. The molecular formula is C17H25NO2. The van der Waals surface area contributed by atoms with E-state index < -0.39 is 0 Å². The monoisotopic (exact) mass is 275 g/mol. The molecule has 4 atom stereocenters. The highest BCUT2D eigenvalue weighted by Gasteiger charge is 2.29. The lowest BCUT2D eigenvalue weighted by atomic mass is 9.85. The molecule has 0 bridgehead atoms. The molecule has 1 heterocycles. The van der Waals surface area contributed by atoms with Crippen molar-refractivity contribution in [1.29, 1.82) is 0 Å². The molecule has 1 aliphatic heterocycles. The van der Waals surface area contributed by atoms with Gasteiger partial charge in [-0.3, -0.25) is 0 Å². The van der Waals surface area contributed by atoms with Gasteiger partial charge < -0.3 is 15.2 Å². The molecule has 0 amide bonds. The summed E-state index contributed by atoms with van der Waals surface area (Å²) in [5, 5.41) is 13.8. The molecule has 3 rings (SSSR count). The summed E-state index contributed by atoms with van der Waals surface area (Å²) in [4.78, 5) is 0. The zero-order valence-corrected chi connectivity index (χ0v) is 12.2. The second-order valence-electron chi connectivity index (χ2n) is 6.32. The molecule has 2 aliphatic rings. The lowest BCUT2D eigenvalue weighted by Crippen LogP contribution is -2.40. The normalized spacial score (nSPS) is 33.3. The van der Waals surface area contributed by atoms with E-state index in [1.54, 1.807) is 0 Å². The lowest BCUT2D eigenvalue weighted by Gasteiger charge is -2.35. The van der Waals surface area contributed by atoms with Crippen LogP contribution in [0.25, 0.3) is 0 Å². The molecule has 1 saturated carbocycles. The van der Waals surface area contributed by atoms with Crippen molar-refractivity contribution in [1.82, 2.24) is 5.32 Å². The fourth-order valence-electron chi connectivity index (χ4n) is 3.51. The molecule has 0 aromatic heterocycles. The summed E-state index contributed by atoms with van der Waals surface area (Å²) < 4.78 is 5.79. The standard InChI is InChI=1S/C17H25NO2/c1-12-11-20-16-9-5-3-7-14(16)17(12)18-10-13-6-2-4-8-15(13)19/h3,5,7,9,12-13,15,17-19H,2,4,6,8,10-11H2,1H3. The van der Waals surface area contributed by atoms with E-state index in [1.165, 1.54) is 18.4 Å². The molecule has 3 heteroatoms. The zero-order chi connectivity index (χ0) is 13.9. The number of aliphatic hydroxyl groups is 1. The Morgan fingerprint density at radius 2 is 2.05 bits per heavy atom. The van der Waals surface area contributed by atoms with Gasteiger partial charge >= 0.3 is 0 Å². The van der Waals surface area contributed by atoms with Crippen LogP contribution in [-0.2, 0) is 0 Å². The Balaban J connectivity index is 1.67. The average Bonchev–Trinajstić information content (AvgIpc) is 2.48. The van der Waals surface area contributed by atoms with Gasteiger partial charge in [-0.05, 0) is 24.8 Å². The smallest absolute Gasteiger partial charge is 0.124 e. The molecule has 20 heavy (non-hydrogen) atoms. The summed E-state index contributed by atoms with van der Waals surface area (Å²) in [5.41, 5.74) is 1.26. The number of ether oxygens (including phenoxy) is 1. The summed E-state index contributed by atoms with van der Waals surface area (Å²) in [6.07, 6.45) is 4.42. The zero-order valence-electron chi connectivity index (χ0n) is 12.2. The third-order valence-electron chi connectivity index (χ3n) is 4.79. The van der Waals surface area contributed by atoms with Crippen molar-refractivity contribution in [2.45, 2.75) is 44.8 Å². The molecule has 0 spiro atoms.